The first-order valence-corrected chi connectivity index (χ1v) is 5.40. The van der Waals surface area contributed by atoms with Crippen molar-refractivity contribution in [2.24, 2.45) is 0 Å². The van der Waals surface area contributed by atoms with Crippen LogP contribution in [0.4, 0.5) is 10.1 Å². The van der Waals surface area contributed by atoms with Crippen molar-refractivity contribution in [2.75, 3.05) is 12.4 Å². The van der Waals surface area contributed by atoms with Crippen LogP contribution in [0.1, 0.15) is 10.4 Å². The molecule has 0 spiro atoms. The van der Waals surface area contributed by atoms with Crippen molar-refractivity contribution >= 4 is 11.6 Å². The minimum absolute atomic E-state index is 0.289. The highest BCUT2D eigenvalue weighted by Gasteiger charge is 2.06. The van der Waals surface area contributed by atoms with E-state index in [1.807, 2.05) is 0 Å². The van der Waals surface area contributed by atoms with E-state index < -0.39 is 0 Å². The molecule has 4 heteroatoms. The lowest BCUT2D eigenvalue weighted by atomic mass is 10.2. The Bertz CT molecular complexity index is 552. The number of nitrogens with one attached hydrogen (secondary N) is 1. The Morgan fingerprint density at radius 2 is 1.89 bits per heavy atom. The molecule has 0 radical (unpaired) electrons. The third kappa shape index (κ3) is 2.85. The van der Waals surface area contributed by atoms with E-state index in [1.54, 1.807) is 43.5 Å². The van der Waals surface area contributed by atoms with E-state index >= 15 is 0 Å². The maximum absolute atomic E-state index is 13.0. The number of methoxy groups -OCH3 is 1. The summed E-state index contributed by atoms with van der Waals surface area (Å²) in [6, 6.07) is 12.4. The van der Waals surface area contributed by atoms with Gasteiger partial charge in [0, 0.05) is 11.3 Å². The summed E-state index contributed by atoms with van der Waals surface area (Å²) in [4.78, 5) is 11.9. The molecule has 0 saturated heterocycles. The number of carbonyl (C=O) groups is 1. The Kier molecular flexibility index (Phi) is 3.57. The van der Waals surface area contributed by atoms with Crippen LogP contribution in [0.25, 0.3) is 0 Å². The zero-order valence-corrected chi connectivity index (χ0v) is 9.81. The largest absolute Gasteiger partial charge is 0.497 e. The summed E-state index contributed by atoms with van der Waals surface area (Å²) in [5, 5.41) is 2.62. The van der Waals surface area contributed by atoms with Crippen molar-refractivity contribution in [3.05, 3.63) is 59.9 Å². The minimum atomic E-state index is -0.387. The fraction of sp³-hybridized carbons (Fsp3) is 0.0714. The molecule has 1 amide bonds. The van der Waals surface area contributed by atoms with Gasteiger partial charge in [0.2, 0.25) is 0 Å². The molecule has 0 unspecified atom stereocenters. The SMILES string of the molecule is COc1ccc(C(=O)Nc2cccc(F)c2)cc1. The zero-order valence-electron chi connectivity index (χ0n) is 9.81. The van der Waals surface area contributed by atoms with Crippen molar-refractivity contribution in [2.45, 2.75) is 0 Å². The summed E-state index contributed by atoms with van der Waals surface area (Å²) in [5.41, 5.74) is 0.913. The molecule has 0 atom stereocenters. The predicted molar refractivity (Wildman–Crippen MR) is 67.3 cm³/mol. The van der Waals surface area contributed by atoms with Crippen LogP contribution in [0.15, 0.2) is 48.5 Å². The van der Waals surface area contributed by atoms with Crippen LogP contribution in [-0.2, 0) is 0 Å². The first-order valence-electron chi connectivity index (χ1n) is 5.40. The van der Waals surface area contributed by atoms with Crippen molar-refractivity contribution < 1.29 is 13.9 Å². The molecule has 2 aromatic carbocycles. The number of hydrogen-bond acceptors (Lipinski definition) is 2. The van der Waals surface area contributed by atoms with E-state index in [1.165, 1.54) is 12.1 Å². The first-order chi connectivity index (χ1) is 8.69. The lowest BCUT2D eigenvalue weighted by Gasteiger charge is -2.06. The highest BCUT2D eigenvalue weighted by Crippen LogP contribution is 2.14. The highest BCUT2D eigenvalue weighted by atomic mass is 19.1. The Balaban J connectivity index is 2.11. The Morgan fingerprint density at radius 3 is 2.50 bits per heavy atom. The third-order valence-electron chi connectivity index (χ3n) is 2.43. The van der Waals surface area contributed by atoms with Gasteiger partial charge in [0.15, 0.2) is 0 Å². The Morgan fingerprint density at radius 1 is 1.17 bits per heavy atom. The number of amides is 1. The zero-order chi connectivity index (χ0) is 13.0. The molecule has 18 heavy (non-hydrogen) atoms. The number of benzene rings is 2. The van der Waals surface area contributed by atoms with Gasteiger partial charge >= 0.3 is 0 Å². The van der Waals surface area contributed by atoms with Gasteiger partial charge in [-0.2, -0.15) is 0 Å². The quantitative estimate of drug-likeness (QED) is 0.902. The summed E-state index contributed by atoms with van der Waals surface area (Å²) in [5.74, 6) is 0.00286. The standard InChI is InChI=1S/C14H12FNO2/c1-18-13-7-5-10(6-8-13)14(17)16-12-4-2-3-11(15)9-12/h2-9H,1H3,(H,16,17). The van der Waals surface area contributed by atoms with Gasteiger partial charge in [0.25, 0.3) is 5.91 Å². The molecular weight excluding hydrogens is 233 g/mol. The van der Waals surface area contributed by atoms with Gasteiger partial charge in [-0.25, -0.2) is 4.39 Å². The van der Waals surface area contributed by atoms with E-state index in [4.69, 9.17) is 4.74 Å². The summed E-state index contributed by atoms with van der Waals surface area (Å²) < 4.78 is 18.0. The minimum Gasteiger partial charge on any atom is -0.497 e. The number of halogens is 1. The van der Waals surface area contributed by atoms with Crippen molar-refractivity contribution in [3.8, 4) is 5.75 Å². The van der Waals surface area contributed by atoms with Gasteiger partial charge in [-0.15, -0.1) is 0 Å². The van der Waals surface area contributed by atoms with Crippen LogP contribution in [0.5, 0.6) is 5.75 Å². The molecule has 0 aliphatic rings. The van der Waals surface area contributed by atoms with Gasteiger partial charge in [-0.05, 0) is 42.5 Å². The van der Waals surface area contributed by atoms with Crippen LogP contribution < -0.4 is 10.1 Å². The molecule has 3 nitrogen and oxygen atoms in total. The normalized spacial score (nSPS) is 9.89. The molecule has 0 aliphatic heterocycles. The Hall–Kier alpha value is -2.36. The molecular formula is C14H12FNO2. The maximum atomic E-state index is 13.0. The average Bonchev–Trinajstić information content (AvgIpc) is 2.39. The van der Waals surface area contributed by atoms with Crippen LogP contribution >= 0.6 is 0 Å². The summed E-state index contributed by atoms with van der Waals surface area (Å²) in [7, 11) is 1.56. The first kappa shape index (κ1) is 12.1. The molecule has 0 aliphatic carbocycles. The topological polar surface area (TPSA) is 38.3 Å². The molecule has 0 aromatic heterocycles. The molecule has 0 heterocycles. The van der Waals surface area contributed by atoms with Crippen LogP contribution in [-0.4, -0.2) is 13.0 Å². The summed E-state index contributed by atoms with van der Waals surface area (Å²) in [6.07, 6.45) is 0. The van der Waals surface area contributed by atoms with Gasteiger partial charge in [-0.1, -0.05) is 6.07 Å². The van der Waals surface area contributed by atoms with Crippen molar-refractivity contribution in [1.82, 2.24) is 0 Å². The number of rotatable bonds is 3. The van der Waals surface area contributed by atoms with Crippen LogP contribution in [0.2, 0.25) is 0 Å². The monoisotopic (exact) mass is 245 g/mol. The van der Waals surface area contributed by atoms with E-state index in [0.717, 1.165) is 0 Å². The van der Waals surface area contributed by atoms with E-state index in [-0.39, 0.29) is 11.7 Å². The maximum Gasteiger partial charge on any atom is 0.255 e. The molecule has 2 rings (SSSR count). The van der Waals surface area contributed by atoms with E-state index in [2.05, 4.69) is 5.32 Å². The molecule has 0 bridgehead atoms. The second kappa shape index (κ2) is 5.31. The summed E-state index contributed by atoms with van der Waals surface area (Å²) in [6.45, 7) is 0. The van der Waals surface area contributed by atoms with Crippen LogP contribution in [0, 0.1) is 5.82 Å². The Labute approximate surface area is 104 Å². The van der Waals surface area contributed by atoms with Crippen molar-refractivity contribution in [3.63, 3.8) is 0 Å². The van der Waals surface area contributed by atoms with Gasteiger partial charge < -0.3 is 10.1 Å². The lowest BCUT2D eigenvalue weighted by Crippen LogP contribution is -2.11. The molecule has 2 aromatic rings. The lowest BCUT2D eigenvalue weighted by molar-refractivity contribution is 0.102. The number of ether oxygens (including phenoxy) is 1. The fourth-order valence-corrected chi connectivity index (χ4v) is 1.51. The number of carbonyl (C=O) groups excluding carboxylic acids is 1. The number of hydrogen-bond donors (Lipinski definition) is 1. The van der Waals surface area contributed by atoms with Crippen LogP contribution in [0.3, 0.4) is 0 Å². The van der Waals surface area contributed by atoms with E-state index in [9.17, 15) is 9.18 Å². The van der Waals surface area contributed by atoms with Crippen molar-refractivity contribution in [1.29, 1.82) is 0 Å². The van der Waals surface area contributed by atoms with Gasteiger partial charge in [0.1, 0.15) is 11.6 Å². The second-order valence-electron chi connectivity index (χ2n) is 3.69. The summed E-state index contributed by atoms with van der Waals surface area (Å²) >= 11 is 0. The highest BCUT2D eigenvalue weighted by molar-refractivity contribution is 6.04. The predicted octanol–water partition coefficient (Wildman–Crippen LogP) is 3.09. The average molecular weight is 245 g/mol. The molecule has 0 saturated carbocycles. The fourth-order valence-electron chi connectivity index (χ4n) is 1.51. The molecule has 92 valence electrons. The van der Waals surface area contributed by atoms with Gasteiger partial charge in [-0.3, -0.25) is 4.79 Å². The van der Waals surface area contributed by atoms with Gasteiger partial charge in [0.05, 0.1) is 7.11 Å². The molecule has 1 N–H and O–H groups in total. The number of anilines is 1. The smallest absolute Gasteiger partial charge is 0.255 e. The third-order valence-corrected chi connectivity index (χ3v) is 2.43. The second-order valence-corrected chi connectivity index (χ2v) is 3.69. The van der Waals surface area contributed by atoms with E-state index in [0.29, 0.717) is 17.0 Å². The molecule has 0 fully saturated rings.